The van der Waals surface area contributed by atoms with Gasteiger partial charge in [0.15, 0.2) is 13.2 Å². The molecule has 1 aliphatic rings. The molecule has 1 atom stereocenters. The number of rotatable bonds is 6. The van der Waals surface area contributed by atoms with Crippen LogP contribution < -0.4 is 10.1 Å². The second-order valence-electron chi connectivity index (χ2n) is 6.62. The number of anilines is 1. The molecule has 8 heteroatoms. The molecule has 1 N–H and O–H groups in total. The summed E-state index contributed by atoms with van der Waals surface area (Å²) in [4.78, 5) is 25.0. The summed E-state index contributed by atoms with van der Waals surface area (Å²) in [5, 5.41) is 13.2. The first-order chi connectivity index (χ1) is 13.5. The van der Waals surface area contributed by atoms with Crippen molar-refractivity contribution in [2.45, 2.75) is 26.2 Å². The third kappa shape index (κ3) is 5.03. The lowest BCUT2D eigenvalue weighted by Crippen LogP contribution is -2.23. The highest BCUT2D eigenvalue weighted by molar-refractivity contribution is 7.16. The molecular weight excluding hydrogens is 400 g/mol. The third-order valence-corrected chi connectivity index (χ3v) is 5.83. The van der Waals surface area contributed by atoms with Gasteiger partial charge in [-0.3, -0.25) is 4.79 Å². The summed E-state index contributed by atoms with van der Waals surface area (Å²) in [7, 11) is 0. The average Bonchev–Trinajstić information content (AvgIpc) is 3.01. The molecule has 0 saturated carbocycles. The van der Waals surface area contributed by atoms with Crippen molar-refractivity contribution in [3.8, 4) is 11.8 Å². The van der Waals surface area contributed by atoms with Gasteiger partial charge in [0.1, 0.15) is 16.8 Å². The maximum atomic E-state index is 12.1. The second kappa shape index (κ2) is 9.09. The Morgan fingerprint density at radius 1 is 1.32 bits per heavy atom. The summed E-state index contributed by atoms with van der Waals surface area (Å²) in [6.07, 6.45) is 2.81. The van der Waals surface area contributed by atoms with E-state index in [0.717, 1.165) is 29.7 Å². The quantitative estimate of drug-likeness (QED) is 0.717. The van der Waals surface area contributed by atoms with Crippen LogP contribution in [-0.2, 0) is 27.2 Å². The van der Waals surface area contributed by atoms with Gasteiger partial charge in [0.25, 0.3) is 5.91 Å². The Hall–Kier alpha value is -2.56. The number of ether oxygens (including phenoxy) is 2. The lowest BCUT2D eigenvalue weighted by molar-refractivity contribution is -0.149. The van der Waals surface area contributed by atoms with Crippen molar-refractivity contribution < 1.29 is 19.1 Å². The maximum absolute atomic E-state index is 12.1. The molecule has 1 aromatic heterocycles. The Morgan fingerprint density at radius 3 is 2.79 bits per heavy atom. The number of thiophene rings is 1. The normalized spacial score (nSPS) is 15.2. The van der Waals surface area contributed by atoms with E-state index in [1.54, 1.807) is 24.3 Å². The van der Waals surface area contributed by atoms with Crippen LogP contribution in [0, 0.1) is 17.2 Å². The maximum Gasteiger partial charge on any atom is 0.344 e. The Kier molecular flexibility index (Phi) is 6.55. The molecule has 0 bridgehead atoms. The largest absolute Gasteiger partial charge is 0.482 e. The molecule has 1 aliphatic carbocycles. The number of amides is 1. The van der Waals surface area contributed by atoms with E-state index in [9.17, 15) is 14.9 Å². The van der Waals surface area contributed by atoms with Gasteiger partial charge in [-0.2, -0.15) is 5.26 Å². The number of esters is 1. The number of carbonyl (C=O) groups is 2. The Morgan fingerprint density at radius 2 is 2.07 bits per heavy atom. The summed E-state index contributed by atoms with van der Waals surface area (Å²) in [5.41, 5.74) is 1.56. The molecule has 0 saturated heterocycles. The van der Waals surface area contributed by atoms with E-state index in [-0.39, 0.29) is 6.61 Å². The van der Waals surface area contributed by atoms with E-state index in [2.05, 4.69) is 18.3 Å². The van der Waals surface area contributed by atoms with Crippen molar-refractivity contribution in [3.05, 3.63) is 45.3 Å². The fourth-order valence-electron chi connectivity index (χ4n) is 2.98. The standard InChI is InChI=1S/C20H19ClN2O4S/c1-12-2-7-15-16(9-22)20(28-17(15)8-12)23-18(24)10-27-19(25)11-26-14-5-3-13(21)4-6-14/h3-6,12H,2,7-8,10-11H2,1H3,(H,23,24). The Balaban J connectivity index is 1.50. The summed E-state index contributed by atoms with van der Waals surface area (Å²) in [6, 6.07) is 8.74. The van der Waals surface area contributed by atoms with Crippen molar-refractivity contribution in [1.29, 1.82) is 5.26 Å². The first-order valence-corrected chi connectivity index (χ1v) is 10.0. The van der Waals surface area contributed by atoms with Crippen molar-refractivity contribution in [1.82, 2.24) is 0 Å². The van der Waals surface area contributed by atoms with Gasteiger partial charge in [-0.15, -0.1) is 11.3 Å². The van der Waals surface area contributed by atoms with E-state index in [4.69, 9.17) is 21.1 Å². The molecule has 1 heterocycles. The number of halogens is 1. The van der Waals surface area contributed by atoms with Crippen molar-refractivity contribution in [3.63, 3.8) is 0 Å². The number of hydrogen-bond acceptors (Lipinski definition) is 6. The van der Waals surface area contributed by atoms with E-state index in [1.165, 1.54) is 11.3 Å². The van der Waals surface area contributed by atoms with Crippen molar-refractivity contribution in [2.24, 2.45) is 5.92 Å². The highest BCUT2D eigenvalue weighted by Gasteiger charge is 2.24. The molecule has 0 aliphatic heterocycles. The number of nitrogens with one attached hydrogen (secondary N) is 1. The zero-order valence-electron chi connectivity index (χ0n) is 15.3. The first kappa shape index (κ1) is 20.2. The number of carbonyl (C=O) groups excluding carboxylic acids is 2. The highest BCUT2D eigenvalue weighted by Crippen LogP contribution is 2.39. The molecular formula is C20H19ClN2O4S. The van der Waals surface area contributed by atoms with Crippen LogP contribution in [0.4, 0.5) is 5.00 Å². The minimum atomic E-state index is -0.662. The van der Waals surface area contributed by atoms with Crippen LogP contribution in [0.15, 0.2) is 24.3 Å². The summed E-state index contributed by atoms with van der Waals surface area (Å²) >= 11 is 7.21. The van der Waals surface area contributed by atoms with Gasteiger partial charge in [-0.05, 0) is 55.0 Å². The van der Waals surface area contributed by atoms with Crippen LogP contribution in [0.25, 0.3) is 0 Å². The summed E-state index contributed by atoms with van der Waals surface area (Å²) in [5.74, 6) is -0.0985. The van der Waals surface area contributed by atoms with Crippen LogP contribution in [0.1, 0.15) is 29.3 Å². The predicted molar refractivity (Wildman–Crippen MR) is 107 cm³/mol. The zero-order valence-corrected chi connectivity index (χ0v) is 16.9. The second-order valence-corrected chi connectivity index (χ2v) is 8.16. The van der Waals surface area contributed by atoms with Gasteiger partial charge < -0.3 is 14.8 Å². The van der Waals surface area contributed by atoms with Crippen molar-refractivity contribution in [2.75, 3.05) is 18.5 Å². The molecule has 3 rings (SSSR count). The molecule has 6 nitrogen and oxygen atoms in total. The number of hydrogen-bond donors (Lipinski definition) is 1. The number of nitriles is 1. The van der Waals surface area contributed by atoms with Gasteiger partial charge in [0.2, 0.25) is 0 Å². The number of nitrogens with zero attached hydrogens (tertiary/aromatic N) is 1. The van der Waals surface area contributed by atoms with E-state index < -0.39 is 18.5 Å². The minimum absolute atomic E-state index is 0.316. The van der Waals surface area contributed by atoms with Gasteiger partial charge in [-0.1, -0.05) is 18.5 Å². The fraction of sp³-hybridized carbons (Fsp3) is 0.350. The number of fused-ring (bicyclic) bond motifs is 1. The van der Waals surface area contributed by atoms with Crippen LogP contribution in [-0.4, -0.2) is 25.1 Å². The zero-order chi connectivity index (χ0) is 20.1. The molecule has 0 spiro atoms. The van der Waals surface area contributed by atoms with Crippen molar-refractivity contribution >= 4 is 39.8 Å². The molecule has 1 aromatic carbocycles. The van der Waals surface area contributed by atoms with Gasteiger partial charge in [0, 0.05) is 9.90 Å². The molecule has 146 valence electrons. The lowest BCUT2D eigenvalue weighted by Gasteiger charge is -2.17. The van der Waals surface area contributed by atoms with Crippen LogP contribution in [0.3, 0.4) is 0 Å². The first-order valence-electron chi connectivity index (χ1n) is 8.84. The minimum Gasteiger partial charge on any atom is -0.482 e. The van der Waals surface area contributed by atoms with Crippen LogP contribution >= 0.6 is 22.9 Å². The van der Waals surface area contributed by atoms with Gasteiger partial charge in [0.05, 0.1) is 5.56 Å². The predicted octanol–water partition coefficient (Wildman–Crippen LogP) is 3.96. The Labute approximate surface area is 172 Å². The average molecular weight is 419 g/mol. The summed E-state index contributed by atoms with van der Waals surface area (Å²) < 4.78 is 10.2. The van der Waals surface area contributed by atoms with E-state index in [0.29, 0.717) is 27.3 Å². The van der Waals surface area contributed by atoms with Crippen LogP contribution in [0.2, 0.25) is 5.02 Å². The van der Waals surface area contributed by atoms with Crippen LogP contribution in [0.5, 0.6) is 5.75 Å². The molecule has 28 heavy (non-hydrogen) atoms. The fourth-order valence-corrected chi connectivity index (χ4v) is 4.48. The Bertz CT molecular complexity index is 918. The molecule has 0 fully saturated rings. The SMILES string of the molecule is CC1CCc2c(sc(NC(=O)COC(=O)COc3ccc(Cl)cc3)c2C#N)C1. The molecule has 2 aromatic rings. The monoisotopic (exact) mass is 418 g/mol. The molecule has 1 unspecified atom stereocenters. The lowest BCUT2D eigenvalue weighted by atomic mass is 9.89. The highest BCUT2D eigenvalue weighted by atomic mass is 35.5. The van der Waals surface area contributed by atoms with E-state index >= 15 is 0 Å². The molecule has 0 radical (unpaired) electrons. The third-order valence-electron chi connectivity index (χ3n) is 4.41. The van der Waals surface area contributed by atoms with Gasteiger partial charge >= 0.3 is 5.97 Å². The van der Waals surface area contributed by atoms with E-state index in [1.807, 2.05) is 0 Å². The summed E-state index contributed by atoms with van der Waals surface area (Å²) in [6.45, 7) is 1.43. The number of benzene rings is 1. The molecule has 1 amide bonds. The topological polar surface area (TPSA) is 88.4 Å². The van der Waals surface area contributed by atoms with Gasteiger partial charge in [-0.25, -0.2) is 4.79 Å². The smallest absolute Gasteiger partial charge is 0.344 e.